The first-order chi connectivity index (χ1) is 6.68. The first kappa shape index (κ1) is 9.40. The van der Waals surface area contributed by atoms with Gasteiger partial charge in [0.05, 0.1) is 6.10 Å². The Balaban J connectivity index is 2.32. The summed E-state index contributed by atoms with van der Waals surface area (Å²) >= 11 is 0. The highest BCUT2D eigenvalue weighted by Gasteiger charge is 2.19. The van der Waals surface area contributed by atoms with E-state index in [9.17, 15) is 5.11 Å². The van der Waals surface area contributed by atoms with Gasteiger partial charge in [-0.25, -0.2) is 9.67 Å². The fourth-order valence-electron chi connectivity index (χ4n) is 1.75. The number of aliphatic hydroxyl groups excluding tert-OH is 1. The predicted octanol–water partition coefficient (Wildman–Crippen LogP) is 1.40. The summed E-state index contributed by atoms with van der Waals surface area (Å²) in [5.41, 5.74) is 1.11. The predicted molar refractivity (Wildman–Crippen MR) is 53.6 cm³/mol. The van der Waals surface area contributed by atoms with E-state index in [1.165, 1.54) is 0 Å². The molecule has 14 heavy (non-hydrogen) atoms. The minimum Gasteiger partial charge on any atom is -0.389 e. The standard InChI is InChI=1S/C10H15N3O/c1-7(2)13-10(11-6-12-13)8-3-4-9(14)5-8/h5-7,9,14H,3-4H2,1-2H3. The van der Waals surface area contributed by atoms with Gasteiger partial charge in [0.1, 0.15) is 6.33 Å². The first-order valence-corrected chi connectivity index (χ1v) is 4.97. The molecule has 1 aromatic heterocycles. The summed E-state index contributed by atoms with van der Waals surface area (Å²) in [6.45, 7) is 4.15. The summed E-state index contributed by atoms with van der Waals surface area (Å²) in [5, 5.41) is 13.6. The maximum absolute atomic E-state index is 9.39. The summed E-state index contributed by atoms with van der Waals surface area (Å²) in [6.07, 6.45) is 4.85. The molecule has 0 amide bonds. The lowest BCUT2D eigenvalue weighted by molar-refractivity contribution is 0.223. The topological polar surface area (TPSA) is 50.9 Å². The van der Waals surface area contributed by atoms with Crippen LogP contribution < -0.4 is 0 Å². The van der Waals surface area contributed by atoms with E-state index in [1.54, 1.807) is 6.33 Å². The molecule has 1 heterocycles. The maximum Gasteiger partial charge on any atom is 0.153 e. The second-order valence-corrected chi connectivity index (χ2v) is 3.92. The summed E-state index contributed by atoms with van der Waals surface area (Å²) in [5.74, 6) is 0.900. The van der Waals surface area contributed by atoms with Gasteiger partial charge in [-0.3, -0.25) is 0 Å². The summed E-state index contributed by atoms with van der Waals surface area (Å²) in [4.78, 5) is 4.23. The van der Waals surface area contributed by atoms with Gasteiger partial charge in [-0.15, -0.1) is 0 Å². The van der Waals surface area contributed by atoms with Crippen LogP contribution in [0.15, 0.2) is 12.4 Å². The van der Waals surface area contributed by atoms with Gasteiger partial charge in [0.2, 0.25) is 0 Å². The van der Waals surface area contributed by atoms with Crippen LogP contribution in [-0.2, 0) is 0 Å². The number of hydrogen-bond donors (Lipinski definition) is 1. The second kappa shape index (κ2) is 3.53. The molecular formula is C10H15N3O. The van der Waals surface area contributed by atoms with Gasteiger partial charge in [0, 0.05) is 6.04 Å². The largest absolute Gasteiger partial charge is 0.389 e. The third kappa shape index (κ3) is 1.57. The van der Waals surface area contributed by atoms with E-state index in [4.69, 9.17) is 0 Å². The number of aromatic nitrogens is 3. The van der Waals surface area contributed by atoms with Crippen molar-refractivity contribution in [1.82, 2.24) is 14.8 Å². The van der Waals surface area contributed by atoms with E-state index in [1.807, 2.05) is 10.8 Å². The molecule has 1 aliphatic carbocycles. The fourth-order valence-corrected chi connectivity index (χ4v) is 1.75. The van der Waals surface area contributed by atoms with E-state index in [-0.39, 0.29) is 6.10 Å². The number of nitrogens with zero attached hydrogens (tertiary/aromatic N) is 3. The zero-order valence-electron chi connectivity index (χ0n) is 8.51. The van der Waals surface area contributed by atoms with E-state index >= 15 is 0 Å². The van der Waals surface area contributed by atoms with Crippen molar-refractivity contribution < 1.29 is 5.11 Å². The van der Waals surface area contributed by atoms with Crippen LogP contribution in [0.1, 0.15) is 38.6 Å². The van der Waals surface area contributed by atoms with Crippen molar-refractivity contribution in [2.24, 2.45) is 0 Å². The van der Waals surface area contributed by atoms with Crippen LogP contribution in [0.25, 0.3) is 5.57 Å². The van der Waals surface area contributed by atoms with Crippen LogP contribution >= 0.6 is 0 Å². The Kier molecular flexibility index (Phi) is 2.37. The summed E-state index contributed by atoms with van der Waals surface area (Å²) in [7, 11) is 0. The maximum atomic E-state index is 9.39. The monoisotopic (exact) mass is 193 g/mol. The van der Waals surface area contributed by atoms with Crippen molar-refractivity contribution in [1.29, 1.82) is 0 Å². The minimum atomic E-state index is -0.303. The van der Waals surface area contributed by atoms with Gasteiger partial charge in [0.25, 0.3) is 0 Å². The van der Waals surface area contributed by atoms with Crippen molar-refractivity contribution in [3.05, 3.63) is 18.2 Å². The Morgan fingerprint density at radius 1 is 1.57 bits per heavy atom. The normalized spacial score (nSPS) is 21.7. The summed E-state index contributed by atoms with van der Waals surface area (Å²) in [6, 6.07) is 0.311. The first-order valence-electron chi connectivity index (χ1n) is 4.97. The van der Waals surface area contributed by atoms with Crippen LogP contribution in [-0.4, -0.2) is 26.0 Å². The van der Waals surface area contributed by atoms with E-state index < -0.39 is 0 Å². The third-order valence-corrected chi connectivity index (χ3v) is 2.45. The smallest absolute Gasteiger partial charge is 0.153 e. The zero-order chi connectivity index (χ0) is 10.1. The lowest BCUT2D eigenvalue weighted by atomic mass is 10.2. The fraction of sp³-hybridized carbons (Fsp3) is 0.600. The average molecular weight is 193 g/mol. The average Bonchev–Trinajstić information content (AvgIpc) is 2.70. The number of allylic oxidation sites excluding steroid dienone is 1. The second-order valence-electron chi connectivity index (χ2n) is 3.92. The van der Waals surface area contributed by atoms with Crippen LogP contribution in [0.4, 0.5) is 0 Å². The Bertz CT molecular complexity index is 354. The van der Waals surface area contributed by atoms with Crippen LogP contribution in [0.3, 0.4) is 0 Å². The van der Waals surface area contributed by atoms with Gasteiger partial charge in [-0.2, -0.15) is 5.10 Å². The van der Waals surface area contributed by atoms with E-state index in [2.05, 4.69) is 23.9 Å². The van der Waals surface area contributed by atoms with Crippen LogP contribution in [0.5, 0.6) is 0 Å². The molecule has 0 radical (unpaired) electrons. The van der Waals surface area contributed by atoms with Crippen molar-refractivity contribution in [3.63, 3.8) is 0 Å². The van der Waals surface area contributed by atoms with Crippen molar-refractivity contribution in [2.75, 3.05) is 0 Å². The molecule has 1 N–H and O–H groups in total. The van der Waals surface area contributed by atoms with E-state index in [0.29, 0.717) is 6.04 Å². The van der Waals surface area contributed by atoms with Gasteiger partial charge in [0.15, 0.2) is 5.82 Å². The highest BCUT2D eigenvalue weighted by molar-refractivity contribution is 5.62. The Hall–Kier alpha value is -1.16. The van der Waals surface area contributed by atoms with Crippen molar-refractivity contribution in [3.8, 4) is 0 Å². The number of hydrogen-bond acceptors (Lipinski definition) is 3. The SMILES string of the molecule is CC(C)n1ncnc1C1=CC(O)CC1. The van der Waals surface area contributed by atoms with E-state index in [0.717, 1.165) is 24.2 Å². The zero-order valence-corrected chi connectivity index (χ0v) is 8.51. The minimum absolute atomic E-state index is 0.303. The van der Waals surface area contributed by atoms with Gasteiger partial charge in [-0.05, 0) is 38.3 Å². The number of rotatable bonds is 2. The Morgan fingerprint density at radius 2 is 2.36 bits per heavy atom. The molecule has 4 heteroatoms. The molecule has 0 bridgehead atoms. The Morgan fingerprint density at radius 3 is 2.93 bits per heavy atom. The molecule has 0 saturated heterocycles. The van der Waals surface area contributed by atoms with Crippen LogP contribution in [0, 0.1) is 0 Å². The van der Waals surface area contributed by atoms with Gasteiger partial charge >= 0.3 is 0 Å². The van der Waals surface area contributed by atoms with Gasteiger partial charge in [-0.1, -0.05) is 0 Å². The molecular weight excluding hydrogens is 178 g/mol. The lowest BCUT2D eigenvalue weighted by Gasteiger charge is -2.09. The third-order valence-electron chi connectivity index (χ3n) is 2.45. The Labute approximate surface area is 83.3 Å². The molecule has 0 saturated carbocycles. The quantitative estimate of drug-likeness (QED) is 0.772. The number of aliphatic hydroxyl groups is 1. The van der Waals surface area contributed by atoms with Crippen LogP contribution in [0.2, 0.25) is 0 Å². The molecule has 1 unspecified atom stereocenters. The molecule has 4 nitrogen and oxygen atoms in total. The molecule has 0 aromatic carbocycles. The van der Waals surface area contributed by atoms with Crippen molar-refractivity contribution in [2.45, 2.75) is 38.8 Å². The molecule has 0 aliphatic heterocycles. The van der Waals surface area contributed by atoms with Crippen molar-refractivity contribution >= 4 is 5.57 Å². The summed E-state index contributed by atoms with van der Waals surface area (Å²) < 4.78 is 1.89. The molecule has 0 spiro atoms. The molecule has 2 rings (SSSR count). The molecule has 1 atom stereocenters. The molecule has 1 aromatic rings. The van der Waals surface area contributed by atoms with Gasteiger partial charge < -0.3 is 5.11 Å². The molecule has 76 valence electrons. The lowest BCUT2D eigenvalue weighted by Crippen LogP contribution is -2.07. The highest BCUT2D eigenvalue weighted by Crippen LogP contribution is 2.27. The highest BCUT2D eigenvalue weighted by atomic mass is 16.3. The molecule has 1 aliphatic rings. The molecule has 0 fully saturated rings.